The molecule has 0 radical (unpaired) electrons. The predicted molar refractivity (Wildman–Crippen MR) is 65.7 cm³/mol. The fourth-order valence-corrected chi connectivity index (χ4v) is 1.78. The van der Waals surface area contributed by atoms with E-state index in [4.69, 9.17) is 11.6 Å². The zero-order valence-corrected chi connectivity index (χ0v) is 10.1. The molecule has 1 saturated carbocycles. The van der Waals surface area contributed by atoms with E-state index in [0.717, 1.165) is 17.5 Å². The van der Waals surface area contributed by atoms with Crippen LogP contribution in [0.3, 0.4) is 0 Å². The molecular formula is C11H12ClN5. The minimum absolute atomic E-state index is 0.507. The van der Waals surface area contributed by atoms with Gasteiger partial charge >= 0.3 is 0 Å². The molecule has 2 aromatic heterocycles. The van der Waals surface area contributed by atoms with E-state index < -0.39 is 0 Å². The third-order valence-electron chi connectivity index (χ3n) is 2.71. The van der Waals surface area contributed by atoms with Crippen LogP contribution in [-0.4, -0.2) is 26.8 Å². The van der Waals surface area contributed by atoms with Crippen molar-refractivity contribution in [1.29, 1.82) is 0 Å². The number of nitrogens with one attached hydrogen (secondary N) is 1. The van der Waals surface area contributed by atoms with E-state index in [2.05, 4.69) is 20.4 Å². The third-order valence-corrected chi connectivity index (χ3v) is 2.91. The molecule has 1 aliphatic carbocycles. The largest absolute Gasteiger partial charge is 0.373 e. The predicted octanol–water partition coefficient (Wildman–Crippen LogP) is 2.23. The highest BCUT2D eigenvalue weighted by molar-refractivity contribution is 6.30. The lowest BCUT2D eigenvalue weighted by Crippen LogP contribution is -2.05. The Labute approximate surface area is 104 Å². The van der Waals surface area contributed by atoms with E-state index in [1.807, 2.05) is 13.1 Å². The molecule has 5 nitrogen and oxygen atoms in total. The molecule has 1 fully saturated rings. The topological polar surface area (TPSA) is 55.6 Å². The van der Waals surface area contributed by atoms with Crippen molar-refractivity contribution >= 4 is 17.4 Å². The first-order chi connectivity index (χ1) is 8.26. The Kier molecular flexibility index (Phi) is 2.48. The first-order valence-corrected chi connectivity index (χ1v) is 5.91. The second kappa shape index (κ2) is 4.00. The van der Waals surface area contributed by atoms with Crippen LogP contribution in [-0.2, 0) is 0 Å². The molecular weight excluding hydrogens is 238 g/mol. The summed E-state index contributed by atoms with van der Waals surface area (Å²) in [6.07, 6.45) is 5.68. The number of aromatic nitrogens is 4. The smallest absolute Gasteiger partial charge is 0.159 e. The lowest BCUT2D eigenvalue weighted by molar-refractivity contribution is 0.811. The van der Waals surface area contributed by atoms with Crippen LogP contribution in [0.4, 0.5) is 5.82 Å². The molecule has 3 rings (SSSR count). The van der Waals surface area contributed by atoms with Crippen molar-refractivity contribution in [2.45, 2.75) is 18.8 Å². The summed E-state index contributed by atoms with van der Waals surface area (Å²) in [5, 5.41) is 7.79. The summed E-state index contributed by atoms with van der Waals surface area (Å²) in [6, 6.07) is 1.86. The van der Waals surface area contributed by atoms with Gasteiger partial charge in [-0.1, -0.05) is 11.6 Å². The molecule has 17 heavy (non-hydrogen) atoms. The van der Waals surface area contributed by atoms with Gasteiger partial charge in [-0.2, -0.15) is 5.10 Å². The van der Waals surface area contributed by atoms with Gasteiger partial charge in [0.2, 0.25) is 0 Å². The molecule has 0 atom stereocenters. The van der Waals surface area contributed by atoms with E-state index in [-0.39, 0.29) is 0 Å². The number of halogens is 1. The highest BCUT2D eigenvalue weighted by Crippen LogP contribution is 2.38. The molecule has 1 aliphatic rings. The van der Waals surface area contributed by atoms with Crippen LogP contribution in [0, 0.1) is 0 Å². The van der Waals surface area contributed by atoms with Gasteiger partial charge in [0.05, 0.1) is 17.4 Å². The normalized spacial score (nSPS) is 14.9. The van der Waals surface area contributed by atoms with Crippen LogP contribution in [0.25, 0.3) is 5.82 Å². The molecule has 0 amide bonds. The van der Waals surface area contributed by atoms with E-state index >= 15 is 0 Å². The molecule has 2 aromatic rings. The Morgan fingerprint density at radius 2 is 2.24 bits per heavy atom. The van der Waals surface area contributed by atoms with Crippen molar-refractivity contribution in [3.8, 4) is 5.82 Å². The van der Waals surface area contributed by atoms with Crippen molar-refractivity contribution in [2.75, 3.05) is 12.4 Å². The number of rotatable bonds is 3. The van der Waals surface area contributed by atoms with E-state index in [1.54, 1.807) is 17.1 Å². The maximum atomic E-state index is 5.86. The number of nitrogens with zero attached hydrogens (tertiary/aromatic N) is 4. The van der Waals surface area contributed by atoms with Crippen LogP contribution < -0.4 is 5.32 Å². The summed E-state index contributed by atoms with van der Waals surface area (Å²) in [4.78, 5) is 8.97. The van der Waals surface area contributed by atoms with E-state index in [0.29, 0.717) is 10.9 Å². The van der Waals surface area contributed by atoms with Crippen LogP contribution in [0.5, 0.6) is 0 Å². The quantitative estimate of drug-likeness (QED) is 0.906. The minimum Gasteiger partial charge on any atom is -0.373 e. The summed E-state index contributed by atoms with van der Waals surface area (Å²) in [5.74, 6) is 2.95. The molecule has 88 valence electrons. The van der Waals surface area contributed by atoms with Gasteiger partial charge in [0.15, 0.2) is 5.82 Å². The van der Waals surface area contributed by atoms with E-state index in [1.165, 1.54) is 12.8 Å². The van der Waals surface area contributed by atoms with Crippen molar-refractivity contribution in [3.05, 3.63) is 29.3 Å². The minimum atomic E-state index is 0.507. The average molecular weight is 250 g/mol. The summed E-state index contributed by atoms with van der Waals surface area (Å²) >= 11 is 5.86. The van der Waals surface area contributed by atoms with Crippen molar-refractivity contribution in [3.63, 3.8) is 0 Å². The molecule has 1 N–H and O–H groups in total. The van der Waals surface area contributed by atoms with Gasteiger partial charge in [0.1, 0.15) is 11.6 Å². The van der Waals surface area contributed by atoms with Gasteiger partial charge in [0, 0.05) is 19.0 Å². The maximum absolute atomic E-state index is 5.86. The Bertz CT molecular complexity index is 547. The monoisotopic (exact) mass is 249 g/mol. The summed E-state index contributed by atoms with van der Waals surface area (Å²) in [5.41, 5.74) is 0. The zero-order valence-electron chi connectivity index (χ0n) is 9.39. The molecule has 0 unspecified atom stereocenters. The van der Waals surface area contributed by atoms with Crippen LogP contribution in [0.2, 0.25) is 5.02 Å². The highest BCUT2D eigenvalue weighted by Gasteiger charge is 2.27. The van der Waals surface area contributed by atoms with Crippen molar-refractivity contribution < 1.29 is 0 Å². The fourth-order valence-electron chi connectivity index (χ4n) is 1.65. The zero-order chi connectivity index (χ0) is 11.8. The molecule has 0 spiro atoms. The molecule has 0 aliphatic heterocycles. The Morgan fingerprint density at radius 1 is 1.41 bits per heavy atom. The lowest BCUT2D eigenvalue weighted by Gasteiger charge is -2.06. The van der Waals surface area contributed by atoms with Gasteiger partial charge < -0.3 is 5.32 Å². The summed E-state index contributed by atoms with van der Waals surface area (Å²) in [7, 11) is 1.85. The van der Waals surface area contributed by atoms with Crippen LogP contribution >= 0.6 is 11.6 Å². The van der Waals surface area contributed by atoms with Crippen LogP contribution in [0.15, 0.2) is 18.5 Å². The number of hydrogen-bond acceptors (Lipinski definition) is 4. The van der Waals surface area contributed by atoms with E-state index in [9.17, 15) is 0 Å². The fraction of sp³-hybridized carbons (Fsp3) is 0.364. The SMILES string of the molecule is CNc1cc(-n2cc(Cl)cn2)nc(C2CC2)n1. The first kappa shape index (κ1) is 10.5. The van der Waals surface area contributed by atoms with Gasteiger partial charge in [-0.05, 0) is 12.8 Å². The van der Waals surface area contributed by atoms with Crippen molar-refractivity contribution in [1.82, 2.24) is 19.7 Å². The van der Waals surface area contributed by atoms with Gasteiger partial charge in [0.25, 0.3) is 0 Å². The maximum Gasteiger partial charge on any atom is 0.159 e. The number of anilines is 1. The van der Waals surface area contributed by atoms with Crippen LogP contribution in [0.1, 0.15) is 24.6 Å². The number of hydrogen-bond donors (Lipinski definition) is 1. The Hall–Kier alpha value is -1.62. The molecule has 0 bridgehead atoms. The van der Waals surface area contributed by atoms with Gasteiger partial charge in [-0.15, -0.1) is 0 Å². The Balaban J connectivity index is 2.05. The standard InChI is InChI=1S/C11H12ClN5/c1-13-9-4-10(17-6-8(12)5-14-17)16-11(15-9)7-2-3-7/h4-7H,2-3H2,1H3,(H,13,15,16). The second-order valence-corrected chi connectivity index (χ2v) is 4.53. The summed E-state index contributed by atoms with van der Waals surface area (Å²) < 4.78 is 1.66. The third kappa shape index (κ3) is 2.10. The second-order valence-electron chi connectivity index (χ2n) is 4.10. The highest BCUT2D eigenvalue weighted by atomic mass is 35.5. The molecule has 6 heteroatoms. The molecule has 0 saturated heterocycles. The first-order valence-electron chi connectivity index (χ1n) is 5.53. The van der Waals surface area contributed by atoms with Gasteiger partial charge in [-0.3, -0.25) is 0 Å². The average Bonchev–Trinajstić information content (AvgIpc) is 3.11. The lowest BCUT2D eigenvalue weighted by atomic mass is 10.4. The van der Waals surface area contributed by atoms with Gasteiger partial charge in [-0.25, -0.2) is 14.6 Å². The molecule has 2 heterocycles. The van der Waals surface area contributed by atoms with Crippen molar-refractivity contribution in [2.24, 2.45) is 0 Å². The summed E-state index contributed by atoms with van der Waals surface area (Å²) in [6.45, 7) is 0. The molecule has 0 aromatic carbocycles. The Morgan fingerprint density at radius 3 is 2.82 bits per heavy atom.